The minimum atomic E-state index is -1.11. The molecule has 11 heteroatoms. The number of esters is 1. The van der Waals surface area contributed by atoms with E-state index >= 15 is 0 Å². The first-order chi connectivity index (χ1) is 15.9. The molecule has 9 nitrogen and oxygen atoms in total. The summed E-state index contributed by atoms with van der Waals surface area (Å²) in [6.07, 6.45) is -1.20. The number of thiophene rings is 1. The van der Waals surface area contributed by atoms with Crippen molar-refractivity contribution in [1.82, 2.24) is 9.55 Å². The lowest BCUT2D eigenvalue weighted by Crippen LogP contribution is -2.34. The maximum absolute atomic E-state index is 13.8. The number of aromatic amines is 1. The lowest BCUT2D eigenvalue weighted by Gasteiger charge is -2.19. The van der Waals surface area contributed by atoms with E-state index in [1.165, 1.54) is 11.3 Å². The second kappa shape index (κ2) is 10.1. The molecular weight excluding hydrogens is 455 g/mol. The zero-order chi connectivity index (χ0) is 23.4. The number of halogens is 1. The number of carbonyl (C=O) groups is 1. The third-order valence-corrected chi connectivity index (χ3v) is 5.99. The fourth-order valence-electron chi connectivity index (χ4n) is 3.42. The first-order valence-electron chi connectivity index (χ1n) is 10.1. The fourth-order valence-corrected chi connectivity index (χ4v) is 4.04. The highest BCUT2D eigenvalue weighted by molar-refractivity contribution is 7.11. The molecule has 174 valence electrons. The summed E-state index contributed by atoms with van der Waals surface area (Å²) in [5.74, 6) is -0.902. The highest BCUT2D eigenvalue weighted by Gasteiger charge is 2.38. The van der Waals surface area contributed by atoms with Gasteiger partial charge in [0.1, 0.15) is 29.6 Å². The molecule has 3 atom stereocenters. The molecule has 1 saturated heterocycles. The van der Waals surface area contributed by atoms with Crippen LogP contribution in [0.15, 0.2) is 57.6 Å². The van der Waals surface area contributed by atoms with Crippen LogP contribution in [0.2, 0.25) is 0 Å². The van der Waals surface area contributed by atoms with Gasteiger partial charge in [-0.3, -0.25) is 14.3 Å². The third-order valence-electron chi connectivity index (χ3n) is 5.14. The summed E-state index contributed by atoms with van der Waals surface area (Å²) in [5, 5.41) is 1.76. The third kappa shape index (κ3) is 5.38. The molecule has 0 spiro atoms. The molecule has 0 amide bonds. The minimum absolute atomic E-state index is 0.124. The van der Waals surface area contributed by atoms with Gasteiger partial charge in [-0.25, -0.2) is 9.59 Å². The number of benzene rings is 1. The van der Waals surface area contributed by atoms with Gasteiger partial charge >= 0.3 is 11.7 Å². The molecule has 4 rings (SSSR count). The van der Waals surface area contributed by atoms with E-state index in [-0.39, 0.29) is 19.6 Å². The number of hydrogen-bond acceptors (Lipinski definition) is 8. The number of rotatable bonds is 8. The predicted molar refractivity (Wildman–Crippen MR) is 116 cm³/mol. The van der Waals surface area contributed by atoms with Crippen LogP contribution in [0.1, 0.15) is 27.9 Å². The average Bonchev–Trinajstić information content (AvgIpc) is 3.49. The molecule has 0 aliphatic carbocycles. The Bertz CT molecular complexity index is 1210. The van der Waals surface area contributed by atoms with Crippen molar-refractivity contribution in [3.05, 3.63) is 85.1 Å². The summed E-state index contributed by atoms with van der Waals surface area (Å²) in [5.41, 5.74) is -1.04. The van der Waals surface area contributed by atoms with E-state index in [9.17, 15) is 18.8 Å². The van der Waals surface area contributed by atoms with Crippen LogP contribution in [0, 0.1) is 5.82 Å². The smallest absolute Gasteiger partial charge is 0.348 e. The van der Waals surface area contributed by atoms with Crippen LogP contribution in [0.25, 0.3) is 0 Å². The first-order valence-corrected chi connectivity index (χ1v) is 10.9. The Morgan fingerprint density at radius 3 is 2.76 bits per heavy atom. The number of aromatic nitrogens is 2. The van der Waals surface area contributed by atoms with Crippen LogP contribution in [-0.4, -0.2) is 41.4 Å². The molecule has 0 bridgehead atoms. The summed E-state index contributed by atoms with van der Waals surface area (Å²) in [4.78, 5) is 38.1. The second-order valence-corrected chi connectivity index (χ2v) is 8.23. The largest absolute Gasteiger partial charge is 0.497 e. The number of nitrogens with zero attached hydrogens (tertiary/aromatic N) is 1. The van der Waals surface area contributed by atoms with E-state index in [4.69, 9.17) is 18.9 Å². The first kappa shape index (κ1) is 22.9. The molecule has 1 fully saturated rings. The Kier molecular flexibility index (Phi) is 7.02. The molecule has 1 aromatic carbocycles. The number of H-pyrrole nitrogens is 1. The van der Waals surface area contributed by atoms with Crippen LogP contribution in [0.5, 0.6) is 5.75 Å². The summed E-state index contributed by atoms with van der Waals surface area (Å²) >= 11 is 1.25. The predicted octanol–water partition coefficient (Wildman–Crippen LogP) is 2.48. The molecule has 1 aliphatic heterocycles. The van der Waals surface area contributed by atoms with Gasteiger partial charge in [-0.1, -0.05) is 18.2 Å². The number of ether oxygens (including phenoxy) is 4. The van der Waals surface area contributed by atoms with Crippen LogP contribution < -0.4 is 16.0 Å². The monoisotopic (exact) mass is 476 g/mol. The highest BCUT2D eigenvalue weighted by Crippen LogP contribution is 2.31. The van der Waals surface area contributed by atoms with Gasteiger partial charge in [0.05, 0.1) is 26.0 Å². The molecule has 2 aromatic heterocycles. The molecular formula is C22H21FN2O7S. The maximum Gasteiger partial charge on any atom is 0.348 e. The zero-order valence-electron chi connectivity index (χ0n) is 17.6. The van der Waals surface area contributed by atoms with Crippen molar-refractivity contribution in [2.45, 2.75) is 31.5 Å². The molecule has 33 heavy (non-hydrogen) atoms. The van der Waals surface area contributed by atoms with Crippen molar-refractivity contribution in [3.8, 4) is 5.75 Å². The topological polar surface area (TPSA) is 109 Å². The van der Waals surface area contributed by atoms with Crippen LogP contribution in [0.4, 0.5) is 4.39 Å². The second-order valence-electron chi connectivity index (χ2n) is 7.28. The van der Waals surface area contributed by atoms with Crippen molar-refractivity contribution in [3.63, 3.8) is 0 Å². The highest BCUT2D eigenvalue weighted by atomic mass is 32.1. The van der Waals surface area contributed by atoms with E-state index in [0.717, 1.165) is 16.3 Å². The van der Waals surface area contributed by atoms with Gasteiger partial charge in [0.25, 0.3) is 5.56 Å². The number of methoxy groups -OCH3 is 1. The Hall–Kier alpha value is -3.28. The fraction of sp³-hybridized carbons (Fsp3) is 0.318. The van der Waals surface area contributed by atoms with Gasteiger partial charge in [-0.2, -0.15) is 4.39 Å². The van der Waals surface area contributed by atoms with E-state index in [1.807, 2.05) is 17.1 Å². The lowest BCUT2D eigenvalue weighted by atomic mass is 10.1. The van der Waals surface area contributed by atoms with Gasteiger partial charge in [-0.05, 0) is 29.1 Å². The quantitative estimate of drug-likeness (QED) is 0.498. The van der Waals surface area contributed by atoms with E-state index in [1.54, 1.807) is 36.8 Å². The van der Waals surface area contributed by atoms with Gasteiger partial charge in [0.15, 0.2) is 0 Å². The Balaban J connectivity index is 1.48. The normalized spacial score (nSPS) is 20.0. The van der Waals surface area contributed by atoms with Crippen LogP contribution >= 0.6 is 11.3 Å². The van der Waals surface area contributed by atoms with E-state index < -0.39 is 41.5 Å². The molecule has 0 saturated carbocycles. The van der Waals surface area contributed by atoms with Gasteiger partial charge in [0, 0.05) is 6.42 Å². The molecule has 0 unspecified atom stereocenters. The SMILES string of the molecule is COc1ccc(CO[C@H]2C[C@H](n3cc(F)c(=O)[nH]c3=O)O[C@@H]2COC(=O)c2cccs2)cc1. The number of carbonyl (C=O) groups excluding carboxylic acids is 1. The molecule has 3 heterocycles. The summed E-state index contributed by atoms with van der Waals surface area (Å²) < 4.78 is 37.1. The summed E-state index contributed by atoms with van der Waals surface area (Å²) in [7, 11) is 1.57. The Morgan fingerprint density at radius 1 is 1.27 bits per heavy atom. The lowest BCUT2D eigenvalue weighted by molar-refractivity contribution is -0.0708. The van der Waals surface area contributed by atoms with Gasteiger partial charge in [0.2, 0.25) is 5.82 Å². The van der Waals surface area contributed by atoms with Gasteiger partial charge < -0.3 is 18.9 Å². The van der Waals surface area contributed by atoms with Gasteiger partial charge in [-0.15, -0.1) is 11.3 Å². The van der Waals surface area contributed by atoms with E-state index in [2.05, 4.69) is 0 Å². The molecule has 1 N–H and O–H groups in total. The average molecular weight is 476 g/mol. The van der Waals surface area contributed by atoms with Crippen molar-refractivity contribution in [2.24, 2.45) is 0 Å². The Morgan fingerprint density at radius 2 is 2.06 bits per heavy atom. The van der Waals surface area contributed by atoms with Crippen LogP contribution in [-0.2, 0) is 20.8 Å². The van der Waals surface area contributed by atoms with Crippen LogP contribution in [0.3, 0.4) is 0 Å². The van der Waals surface area contributed by atoms with Crippen molar-refractivity contribution in [2.75, 3.05) is 13.7 Å². The Labute approximate surface area is 191 Å². The molecule has 1 aliphatic rings. The van der Waals surface area contributed by atoms with Crippen molar-refractivity contribution >= 4 is 17.3 Å². The summed E-state index contributed by atoms with van der Waals surface area (Å²) in [6, 6.07) is 10.7. The number of nitrogens with one attached hydrogen (secondary N) is 1. The minimum Gasteiger partial charge on any atom is -0.497 e. The molecule has 0 radical (unpaired) electrons. The zero-order valence-corrected chi connectivity index (χ0v) is 18.4. The maximum atomic E-state index is 13.8. The standard InChI is InChI=1S/C22H21FN2O7S/c1-29-14-6-4-13(5-7-14)11-30-16-9-19(25-10-15(23)20(26)24-22(25)28)32-17(16)12-31-21(27)18-3-2-8-33-18/h2-8,10,16-17,19H,9,11-12H2,1H3,(H,24,26,28)/t16-,17+,19+/m0/s1. The van der Waals surface area contributed by atoms with E-state index in [0.29, 0.717) is 10.6 Å². The summed E-state index contributed by atoms with van der Waals surface area (Å²) in [6.45, 7) is 0.107. The number of hydrogen-bond donors (Lipinski definition) is 1. The molecule has 3 aromatic rings. The van der Waals surface area contributed by atoms with Crippen molar-refractivity contribution < 1.29 is 28.1 Å². The van der Waals surface area contributed by atoms with Crippen molar-refractivity contribution in [1.29, 1.82) is 0 Å².